The summed E-state index contributed by atoms with van der Waals surface area (Å²) in [5.41, 5.74) is 1.63. The van der Waals surface area contributed by atoms with Crippen LogP contribution in [0.5, 0.6) is 0 Å². The molecule has 0 aliphatic heterocycles. The molecular formula is C22H32N4O4S. The van der Waals surface area contributed by atoms with E-state index in [4.69, 9.17) is 0 Å². The second-order valence-electron chi connectivity index (χ2n) is 7.39. The fraction of sp³-hybridized carbons (Fsp3) is 0.455. The molecule has 0 aliphatic carbocycles. The van der Waals surface area contributed by atoms with Crippen molar-refractivity contribution in [3.05, 3.63) is 58.5 Å². The number of anilines is 1. The van der Waals surface area contributed by atoms with Crippen molar-refractivity contribution in [2.45, 2.75) is 38.8 Å². The number of pyridine rings is 1. The Hall–Kier alpha value is -2.65. The van der Waals surface area contributed by atoms with Crippen molar-refractivity contribution >= 4 is 21.6 Å². The highest BCUT2D eigenvalue weighted by Crippen LogP contribution is 2.15. The van der Waals surface area contributed by atoms with E-state index in [0.717, 1.165) is 15.8 Å². The number of nitrogens with zero attached hydrogens (tertiary/aromatic N) is 4. The zero-order chi connectivity index (χ0) is 23.2. The van der Waals surface area contributed by atoms with E-state index in [-0.39, 0.29) is 17.3 Å². The summed E-state index contributed by atoms with van der Waals surface area (Å²) in [6.07, 6.45) is 1.26. The number of aromatic nitrogens is 1. The molecule has 0 fully saturated rings. The summed E-state index contributed by atoms with van der Waals surface area (Å²) in [6, 6.07) is 10.4. The third kappa shape index (κ3) is 5.95. The molecule has 0 atom stereocenters. The third-order valence-electron chi connectivity index (χ3n) is 5.17. The van der Waals surface area contributed by atoms with Gasteiger partial charge in [0.2, 0.25) is 15.9 Å². The van der Waals surface area contributed by atoms with Crippen LogP contribution in [0, 0.1) is 0 Å². The number of amides is 1. The number of hydrogen-bond acceptors (Lipinski definition) is 5. The van der Waals surface area contributed by atoms with Crippen LogP contribution in [0.1, 0.15) is 26.3 Å². The molecule has 170 valence electrons. The van der Waals surface area contributed by atoms with E-state index in [2.05, 4.69) is 0 Å². The average Bonchev–Trinajstić information content (AvgIpc) is 2.74. The minimum Gasteiger partial charge on any atom is -0.378 e. The Kier molecular flexibility index (Phi) is 8.41. The van der Waals surface area contributed by atoms with E-state index in [0.29, 0.717) is 26.2 Å². The highest BCUT2D eigenvalue weighted by molar-refractivity contribution is 7.89. The van der Waals surface area contributed by atoms with Gasteiger partial charge >= 0.3 is 0 Å². The molecule has 9 heteroatoms. The molecule has 2 rings (SSSR count). The number of carbonyl (C=O) groups excluding carboxylic acids is 1. The van der Waals surface area contributed by atoms with Crippen molar-refractivity contribution in [1.29, 1.82) is 0 Å². The minimum absolute atomic E-state index is 0.00548. The maximum Gasteiger partial charge on any atom is 0.251 e. The zero-order valence-electron chi connectivity index (χ0n) is 18.9. The predicted octanol–water partition coefficient (Wildman–Crippen LogP) is 1.99. The van der Waals surface area contributed by atoms with Crippen LogP contribution in [0.15, 0.2) is 52.3 Å². The summed E-state index contributed by atoms with van der Waals surface area (Å²) in [5.74, 6) is -0.251. The highest BCUT2D eigenvalue weighted by Gasteiger charge is 2.23. The maximum atomic E-state index is 12.9. The number of sulfonamides is 1. The Labute approximate surface area is 184 Å². The summed E-state index contributed by atoms with van der Waals surface area (Å²) >= 11 is 0. The van der Waals surface area contributed by atoms with Crippen LogP contribution in [-0.4, -0.2) is 61.8 Å². The van der Waals surface area contributed by atoms with Gasteiger partial charge in [0.05, 0.1) is 4.90 Å². The topological polar surface area (TPSA) is 82.9 Å². The van der Waals surface area contributed by atoms with Gasteiger partial charge in [0.25, 0.3) is 5.56 Å². The normalized spacial score (nSPS) is 11.5. The van der Waals surface area contributed by atoms with E-state index < -0.39 is 15.6 Å². The van der Waals surface area contributed by atoms with Crippen molar-refractivity contribution < 1.29 is 13.2 Å². The van der Waals surface area contributed by atoms with Gasteiger partial charge in [-0.1, -0.05) is 26.0 Å². The molecule has 0 unspecified atom stereocenters. The number of hydrogen-bond donors (Lipinski definition) is 0. The van der Waals surface area contributed by atoms with Gasteiger partial charge < -0.3 is 14.4 Å². The van der Waals surface area contributed by atoms with Gasteiger partial charge in [0, 0.05) is 58.2 Å². The first kappa shape index (κ1) is 24.6. The Morgan fingerprint density at radius 2 is 1.55 bits per heavy atom. The van der Waals surface area contributed by atoms with Gasteiger partial charge in [-0.3, -0.25) is 9.59 Å². The van der Waals surface area contributed by atoms with Crippen LogP contribution in [0.4, 0.5) is 5.69 Å². The fourth-order valence-electron chi connectivity index (χ4n) is 3.24. The zero-order valence-corrected chi connectivity index (χ0v) is 19.7. The van der Waals surface area contributed by atoms with E-state index in [1.54, 1.807) is 18.7 Å². The molecule has 1 heterocycles. The van der Waals surface area contributed by atoms with E-state index in [1.807, 2.05) is 50.2 Å². The summed E-state index contributed by atoms with van der Waals surface area (Å²) in [4.78, 5) is 28.8. The Morgan fingerprint density at radius 3 is 2.06 bits per heavy atom. The molecule has 0 saturated carbocycles. The fourth-order valence-corrected chi connectivity index (χ4v) is 4.72. The van der Waals surface area contributed by atoms with Gasteiger partial charge in [-0.25, -0.2) is 8.42 Å². The molecule has 2 aromatic rings. The molecule has 1 amide bonds. The molecule has 0 radical (unpaired) electrons. The number of benzene rings is 1. The van der Waals surface area contributed by atoms with Crippen molar-refractivity contribution in [2.75, 3.05) is 38.6 Å². The smallest absolute Gasteiger partial charge is 0.251 e. The van der Waals surface area contributed by atoms with Crippen LogP contribution in [0.3, 0.4) is 0 Å². The first-order valence-corrected chi connectivity index (χ1v) is 11.8. The Bertz CT molecular complexity index is 1040. The molecular weight excluding hydrogens is 416 g/mol. The molecule has 1 aromatic carbocycles. The van der Waals surface area contributed by atoms with Gasteiger partial charge in [0.15, 0.2) is 0 Å². The largest absolute Gasteiger partial charge is 0.378 e. The van der Waals surface area contributed by atoms with E-state index in [1.165, 1.54) is 22.6 Å². The first-order valence-electron chi connectivity index (χ1n) is 10.4. The lowest BCUT2D eigenvalue weighted by molar-refractivity contribution is -0.132. The van der Waals surface area contributed by atoms with Gasteiger partial charge in [-0.2, -0.15) is 4.31 Å². The summed E-state index contributed by atoms with van der Waals surface area (Å²) in [6.45, 7) is 6.70. The number of carbonyl (C=O) groups is 1. The second kappa shape index (κ2) is 10.6. The molecule has 0 bridgehead atoms. The van der Waals surface area contributed by atoms with E-state index >= 15 is 0 Å². The van der Waals surface area contributed by atoms with Crippen LogP contribution in [-0.2, 0) is 27.9 Å². The third-order valence-corrected chi connectivity index (χ3v) is 7.20. The quantitative estimate of drug-likeness (QED) is 0.555. The highest BCUT2D eigenvalue weighted by atomic mass is 32.2. The number of likely N-dealkylation sites (N-methyl/N-ethyl adjacent to an activating group) is 1. The van der Waals surface area contributed by atoms with Crippen molar-refractivity contribution in [3.8, 4) is 0 Å². The lowest BCUT2D eigenvalue weighted by Crippen LogP contribution is -2.36. The number of rotatable bonds is 10. The molecule has 0 spiro atoms. The molecule has 0 aliphatic rings. The van der Waals surface area contributed by atoms with Crippen molar-refractivity contribution in [2.24, 2.45) is 0 Å². The molecule has 1 aromatic heterocycles. The van der Waals surface area contributed by atoms with Crippen LogP contribution < -0.4 is 10.5 Å². The van der Waals surface area contributed by atoms with Gasteiger partial charge in [0.1, 0.15) is 6.54 Å². The van der Waals surface area contributed by atoms with E-state index in [9.17, 15) is 18.0 Å². The molecule has 8 nitrogen and oxygen atoms in total. The molecule has 0 N–H and O–H groups in total. The Morgan fingerprint density at radius 1 is 0.935 bits per heavy atom. The standard InChI is InChI=1S/C22H32N4O4S/c1-6-24(15-18-9-11-19(12-10-18)23(4)5)22(28)17-25-16-20(13-14-21(25)27)31(29,30)26(7-2)8-3/h9-14,16H,6-8,15,17H2,1-5H3. The molecule has 31 heavy (non-hydrogen) atoms. The monoisotopic (exact) mass is 448 g/mol. The Balaban J connectivity index is 2.22. The average molecular weight is 449 g/mol. The lowest BCUT2D eigenvalue weighted by atomic mass is 10.2. The van der Waals surface area contributed by atoms with Crippen molar-refractivity contribution in [1.82, 2.24) is 13.8 Å². The van der Waals surface area contributed by atoms with Crippen LogP contribution in [0.2, 0.25) is 0 Å². The van der Waals surface area contributed by atoms with Gasteiger partial charge in [-0.05, 0) is 30.7 Å². The van der Waals surface area contributed by atoms with Crippen LogP contribution >= 0.6 is 0 Å². The maximum absolute atomic E-state index is 12.9. The minimum atomic E-state index is -3.72. The predicted molar refractivity (Wildman–Crippen MR) is 123 cm³/mol. The first-order chi connectivity index (χ1) is 14.6. The summed E-state index contributed by atoms with van der Waals surface area (Å²) in [5, 5.41) is 0. The van der Waals surface area contributed by atoms with Crippen molar-refractivity contribution in [3.63, 3.8) is 0 Å². The summed E-state index contributed by atoms with van der Waals surface area (Å²) < 4.78 is 28.0. The van der Waals surface area contributed by atoms with Crippen LogP contribution in [0.25, 0.3) is 0 Å². The summed E-state index contributed by atoms with van der Waals surface area (Å²) in [7, 11) is 0.206. The molecule has 0 saturated heterocycles. The SMILES string of the molecule is CCN(Cc1ccc(N(C)C)cc1)C(=O)Cn1cc(S(=O)(=O)N(CC)CC)ccc1=O. The lowest BCUT2D eigenvalue weighted by Gasteiger charge is -2.23. The van der Waals surface area contributed by atoms with Gasteiger partial charge in [-0.15, -0.1) is 0 Å². The second-order valence-corrected chi connectivity index (χ2v) is 9.33.